The fourth-order valence-electron chi connectivity index (χ4n) is 8.32. The van der Waals surface area contributed by atoms with E-state index in [1.165, 1.54) is 173 Å². The highest BCUT2D eigenvalue weighted by atomic mass is 16.6. The Morgan fingerprint density at radius 1 is 0.353 bits per heavy atom. The van der Waals surface area contributed by atoms with Crippen LogP contribution in [0.2, 0.25) is 0 Å². The molecule has 0 aliphatic rings. The highest BCUT2D eigenvalue weighted by molar-refractivity contribution is 5.70. The molecule has 5 nitrogen and oxygen atoms in total. The third-order valence-electron chi connectivity index (χ3n) is 12.7. The number of allylic oxidation sites excluding steroid dienone is 14. The number of carbonyl (C=O) groups is 2. The molecule has 0 aliphatic heterocycles. The van der Waals surface area contributed by atoms with E-state index in [9.17, 15) is 14.7 Å². The normalized spacial score (nSPS) is 12.8. The minimum Gasteiger partial charge on any atom is -0.462 e. The Morgan fingerprint density at radius 3 is 0.956 bits per heavy atom. The van der Waals surface area contributed by atoms with E-state index in [1.807, 2.05) is 0 Å². The fraction of sp³-hybridized carbons (Fsp3) is 0.746. The van der Waals surface area contributed by atoms with Crippen molar-refractivity contribution >= 4 is 11.9 Å². The second kappa shape index (κ2) is 58.4. The van der Waals surface area contributed by atoms with E-state index in [0.717, 1.165) is 83.5 Å². The van der Waals surface area contributed by atoms with E-state index in [4.69, 9.17) is 9.47 Å². The van der Waals surface area contributed by atoms with Crippen molar-refractivity contribution in [3.05, 3.63) is 85.1 Å². The molecule has 0 spiro atoms. The molecule has 1 atom stereocenters. The molecule has 0 rings (SSSR count). The first-order chi connectivity index (χ1) is 33.6. The minimum atomic E-state index is -0.782. The number of rotatable bonds is 53. The molecule has 0 bridgehead atoms. The van der Waals surface area contributed by atoms with Gasteiger partial charge in [-0.1, -0.05) is 266 Å². The molecule has 0 heterocycles. The van der Waals surface area contributed by atoms with Crippen LogP contribution in [-0.4, -0.2) is 36.4 Å². The highest BCUT2D eigenvalue weighted by Gasteiger charge is 2.16. The van der Waals surface area contributed by atoms with Crippen LogP contribution in [0.15, 0.2) is 85.1 Å². The van der Waals surface area contributed by atoms with Gasteiger partial charge in [0.05, 0.1) is 6.61 Å². The van der Waals surface area contributed by atoms with Crippen molar-refractivity contribution in [2.24, 2.45) is 0 Å². The number of aliphatic hydroxyl groups is 1. The number of hydrogen-bond donors (Lipinski definition) is 1. The summed E-state index contributed by atoms with van der Waals surface area (Å²) in [6, 6.07) is 0. The van der Waals surface area contributed by atoms with E-state index in [2.05, 4.69) is 98.9 Å². The van der Waals surface area contributed by atoms with E-state index < -0.39 is 6.10 Å². The van der Waals surface area contributed by atoms with E-state index in [1.54, 1.807) is 0 Å². The minimum absolute atomic E-state index is 0.0719. The number of hydrogen-bond acceptors (Lipinski definition) is 5. The largest absolute Gasteiger partial charge is 0.462 e. The molecule has 1 unspecified atom stereocenters. The smallest absolute Gasteiger partial charge is 0.306 e. The quantitative estimate of drug-likeness (QED) is 0.0374. The van der Waals surface area contributed by atoms with Crippen LogP contribution in [-0.2, 0) is 19.1 Å². The Hall–Kier alpha value is -2.92. The Labute approximate surface area is 422 Å². The van der Waals surface area contributed by atoms with Gasteiger partial charge in [-0.25, -0.2) is 0 Å². The molecule has 0 aliphatic carbocycles. The average molecular weight is 948 g/mol. The summed E-state index contributed by atoms with van der Waals surface area (Å²) >= 11 is 0. The summed E-state index contributed by atoms with van der Waals surface area (Å²) in [7, 11) is 0. The van der Waals surface area contributed by atoms with Crippen molar-refractivity contribution in [3.63, 3.8) is 0 Å². The summed E-state index contributed by atoms with van der Waals surface area (Å²) in [6.07, 6.45) is 81.3. The monoisotopic (exact) mass is 947 g/mol. The molecule has 68 heavy (non-hydrogen) atoms. The van der Waals surface area contributed by atoms with Crippen LogP contribution in [0.1, 0.15) is 284 Å². The standard InChI is InChI=1S/C63H110O5/c1-3-5-7-9-11-13-15-17-19-21-23-25-27-28-29-30-31-32-33-34-36-37-39-41-43-45-47-49-51-53-55-57-62(65)67-60-61(59-64)68-63(66)58-56-54-52-50-48-46-44-42-40-38-35-26-24-22-20-18-16-14-12-10-8-6-4-2/h6,8,12,14-15,17-18,20-21,23-24,26,38,40,61,64H,3-5,7,9-11,13,16,19,22,25,27-37,39,41-60H2,1-2H3/b8-6-,14-12-,17-15-,20-18-,23-21-,26-24-,40-38-. The maximum Gasteiger partial charge on any atom is 0.306 e. The summed E-state index contributed by atoms with van der Waals surface area (Å²) < 4.78 is 10.7. The van der Waals surface area contributed by atoms with E-state index in [-0.39, 0.29) is 25.2 Å². The maximum atomic E-state index is 12.3. The van der Waals surface area contributed by atoms with Gasteiger partial charge in [-0.2, -0.15) is 0 Å². The molecular formula is C63H110O5. The molecule has 0 aromatic rings. The first kappa shape index (κ1) is 65.1. The Balaban J connectivity index is 3.48. The maximum absolute atomic E-state index is 12.3. The number of esters is 2. The zero-order valence-corrected chi connectivity index (χ0v) is 44.9. The number of unbranched alkanes of at least 4 members (excludes halogenated alkanes) is 31. The van der Waals surface area contributed by atoms with Crippen LogP contribution in [0.4, 0.5) is 0 Å². The lowest BCUT2D eigenvalue weighted by atomic mass is 10.0. The summed E-state index contributed by atoms with van der Waals surface area (Å²) in [6.45, 7) is 4.03. The predicted molar refractivity (Wildman–Crippen MR) is 297 cm³/mol. The van der Waals surface area contributed by atoms with Gasteiger partial charge in [0, 0.05) is 12.8 Å². The van der Waals surface area contributed by atoms with Crippen LogP contribution in [0, 0.1) is 0 Å². The molecule has 0 saturated carbocycles. The lowest BCUT2D eigenvalue weighted by molar-refractivity contribution is -0.161. The molecule has 392 valence electrons. The van der Waals surface area contributed by atoms with Crippen molar-refractivity contribution in [2.45, 2.75) is 290 Å². The van der Waals surface area contributed by atoms with Crippen molar-refractivity contribution < 1.29 is 24.2 Å². The van der Waals surface area contributed by atoms with Gasteiger partial charge in [0.25, 0.3) is 0 Å². The van der Waals surface area contributed by atoms with Crippen molar-refractivity contribution in [1.82, 2.24) is 0 Å². The Morgan fingerprint density at radius 2 is 0.632 bits per heavy atom. The molecule has 0 aromatic carbocycles. The van der Waals surface area contributed by atoms with Gasteiger partial charge < -0.3 is 14.6 Å². The van der Waals surface area contributed by atoms with Crippen LogP contribution in [0.25, 0.3) is 0 Å². The highest BCUT2D eigenvalue weighted by Crippen LogP contribution is 2.16. The molecule has 0 fully saturated rings. The van der Waals surface area contributed by atoms with Crippen molar-refractivity contribution in [2.75, 3.05) is 13.2 Å². The van der Waals surface area contributed by atoms with Crippen molar-refractivity contribution in [3.8, 4) is 0 Å². The number of aliphatic hydroxyl groups excluding tert-OH is 1. The molecule has 0 saturated heterocycles. The Bertz CT molecular complexity index is 1250. The molecule has 0 aromatic heterocycles. The van der Waals surface area contributed by atoms with Crippen molar-refractivity contribution in [1.29, 1.82) is 0 Å². The van der Waals surface area contributed by atoms with E-state index >= 15 is 0 Å². The third kappa shape index (κ3) is 55.7. The average Bonchev–Trinajstić information content (AvgIpc) is 3.34. The lowest BCUT2D eigenvalue weighted by Crippen LogP contribution is -2.28. The van der Waals surface area contributed by atoms with Crippen LogP contribution in [0.5, 0.6) is 0 Å². The topological polar surface area (TPSA) is 72.8 Å². The molecule has 0 radical (unpaired) electrons. The number of carbonyl (C=O) groups excluding carboxylic acids is 2. The number of ether oxygens (including phenoxy) is 2. The van der Waals surface area contributed by atoms with Gasteiger partial charge in [0.15, 0.2) is 6.10 Å². The van der Waals surface area contributed by atoms with Gasteiger partial charge in [0.1, 0.15) is 6.61 Å². The molecule has 5 heteroatoms. The summed E-state index contributed by atoms with van der Waals surface area (Å²) in [5.41, 5.74) is 0. The molecular weight excluding hydrogens is 837 g/mol. The molecule has 1 N–H and O–H groups in total. The van der Waals surface area contributed by atoms with Gasteiger partial charge in [-0.05, 0) is 89.9 Å². The Kier molecular flexibility index (Phi) is 55.9. The predicted octanol–water partition coefficient (Wildman–Crippen LogP) is 19.8. The zero-order valence-electron chi connectivity index (χ0n) is 44.9. The summed E-state index contributed by atoms with van der Waals surface area (Å²) in [4.78, 5) is 24.5. The van der Waals surface area contributed by atoms with Gasteiger partial charge in [-0.3, -0.25) is 9.59 Å². The fourth-order valence-corrected chi connectivity index (χ4v) is 8.32. The van der Waals surface area contributed by atoms with Crippen LogP contribution in [0.3, 0.4) is 0 Å². The summed E-state index contributed by atoms with van der Waals surface area (Å²) in [5, 5.41) is 9.66. The molecule has 0 amide bonds. The van der Waals surface area contributed by atoms with Crippen LogP contribution < -0.4 is 0 Å². The zero-order chi connectivity index (χ0) is 49.2. The SMILES string of the molecule is CC/C=C\C/C=C\C/C=C\C/C=C\C/C=C\CCCCCCCCCC(=O)OC(CO)COC(=O)CCCCCCCCCCCCCCCCCCCCC/C=C\C/C=C\CCCCCCC. The third-order valence-corrected chi connectivity index (χ3v) is 12.7. The first-order valence-electron chi connectivity index (χ1n) is 29.1. The van der Waals surface area contributed by atoms with Gasteiger partial charge in [0.2, 0.25) is 0 Å². The van der Waals surface area contributed by atoms with Gasteiger partial charge in [-0.15, -0.1) is 0 Å². The van der Waals surface area contributed by atoms with Gasteiger partial charge >= 0.3 is 11.9 Å². The second-order valence-corrected chi connectivity index (χ2v) is 19.3. The van der Waals surface area contributed by atoms with E-state index in [0.29, 0.717) is 12.8 Å². The second-order valence-electron chi connectivity index (χ2n) is 19.3. The first-order valence-corrected chi connectivity index (χ1v) is 29.1. The summed E-state index contributed by atoms with van der Waals surface area (Å²) in [5.74, 6) is -0.597. The lowest BCUT2D eigenvalue weighted by Gasteiger charge is -2.15. The van der Waals surface area contributed by atoms with Crippen LogP contribution >= 0.6 is 0 Å².